The van der Waals surface area contributed by atoms with Crippen molar-refractivity contribution in [1.29, 1.82) is 0 Å². The molecular formula is C13H19ClN2O3S. The second-order valence-corrected chi connectivity index (χ2v) is 8.32. The van der Waals surface area contributed by atoms with Crippen LogP contribution in [0.5, 0.6) is 0 Å². The highest BCUT2D eigenvalue weighted by atomic mass is 35.5. The molecule has 0 atom stereocenters. The summed E-state index contributed by atoms with van der Waals surface area (Å²) in [5.41, 5.74) is 1.18. The van der Waals surface area contributed by atoms with E-state index in [1.165, 1.54) is 13.2 Å². The van der Waals surface area contributed by atoms with Crippen molar-refractivity contribution >= 4 is 38.7 Å². The molecule has 0 aromatic heterocycles. The molecule has 0 heterocycles. The Labute approximate surface area is 124 Å². The van der Waals surface area contributed by atoms with E-state index >= 15 is 0 Å². The molecule has 0 saturated heterocycles. The molecule has 0 aliphatic carbocycles. The number of sulfone groups is 1. The number of benzene rings is 1. The number of halogens is 1. The van der Waals surface area contributed by atoms with Crippen LogP contribution in [0.3, 0.4) is 0 Å². The van der Waals surface area contributed by atoms with Crippen LogP contribution in [-0.2, 0) is 14.6 Å². The number of nitrogens with one attached hydrogen (secondary N) is 2. The fourth-order valence-electron chi connectivity index (χ4n) is 1.37. The molecule has 7 heteroatoms. The van der Waals surface area contributed by atoms with E-state index in [1.807, 2.05) is 0 Å². The first kappa shape index (κ1) is 16.8. The van der Waals surface area contributed by atoms with E-state index in [2.05, 4.69) is 10.6 Å². The van der Waals surface area contributed by atoms with Crippen LogP contribution in [0.4, 0.5) is 11.4 Å². The van der Waals surface area contributed by atoms with Crippen molar-refractivity contribution < 1.29 is 13.2 Å². The summed E-state index contributed by atoms with van der Waals surface area (Å²) >= 11 is 5.96. The number of carbonyl (C=O) groups excluding carboxylic acids is 1. The average molecular weight is 319 g/mol. The lowest BCUT2D eigenvalue weighted by Gasteiger charge is -2.23. The van der Waals surface area contributed by atoms with Crippen LogP contribution in [0.15, 0.2) is 18.2 Å². The van der Waals surface area contributed by atoms with E-state index in [1.54, 1.807) is 32.0 Å². The molecule has 1 amide bonds. The molecule has 0 saturated carbocycles. The Kier molecular flexibility index (Phi) is 5.05. The largest absolute Gasteiger partial charge is 0.383 e. The first-order chi connectivity index (χ1) is 9.03. The Morgan fingerprint density at radius 1 is 1.35 bits per heavy atom. The SMILES string of the molecule is CC(=O)Nc1cc(NCC(C)(C)S(C)(=O)=O)ccc1Cl. The van der Waals surface area contributed by atoms with E-state index < -0.39 is 14.6 Å². The van der Waals surface area contributed by atoms with Crippen LogP contribution in [0.25, 0.3) is 0 Å². The number of hydrogen-bond donors (Lipinski definition) is 2. The predicted molar refractivity (Wildman–Crippen MR) is 83.2 cm³/mol. The zero-order valence-electron chi connectivity index (χ0n) is 12.0. The van der Waals surface area contributed by atoms with Crippen molar-refractivity contribution in [3.05, 3.63) is 23.2 Å². The predicted octanol–water partition coefficient (Wildman–Crippen LogP) is 2.53. The second kappa shape index (κ2) is 6.01. The van der Waals surface area contributed by atoms with Crippen LogP contribution in [0.2, 0.25) is 5.02 Å². The third kappa shape index (κ3) is 4.38. The minimum absolute atomic E-state index is 0.222. The summed E-state index contributed by atoms with van der Waals surface area (Å²) < 4.78 is 22.4. The van der Waals surface area contributed by atoms with Gasteiger partial charge in [-0.25, -0.2) is 8.42 Å². The highest BCUT2D eigenvalue weighted by Crippen LogP contribution is 2.26. The third-order valence-corrected chi connectivity index (χ3v) is 5.48. The van der Waals surface area contributed by atoms with Crippen molar-refractivity contribution in [2.45, 2.75) is 25.5 Å². The van der Waals surface area contributed by atoms with Crippen molar-refractivity contribution in [2.75, 3.05) is 23.4 Å². The molecule has 0 fully saturated rings. The summed E-state index contributed by atoms with van der Waals surface area (Å²) in [5.74, 6) is -0.222. The molecule has 0 radical (unpaired) electrons. The van der Waals surface area contributed by atoms with Gasteiger partial charge < -0.3 is 10.6 Å². The maximum absolute atomic E-state index is 11.6. The standard InChI is InChI=1S/C13H19ClN2O3S/c1-9(17)16-12-7-10(5-6-11(12)14)15-8-13(2,3)20(4,18)19/h5-7,15H,8H2,1-4H3,(H,16,17). The monoisotopic (exact) mass is 318 g/mol. The summed E-state index contributed by atoms with van der Waals surface area (Å²) in [6.07, 6.45) is 1.21. The number of carbonyl (C=O) groups is 1. The zero-order valence-corrected chi connectivity index (χ0v) is 13.5. The van der Waals surface area contributed by atoms with Crippen molar-refractivity contribution in [3.63, 3.8) is 0 Å². The van der Waals surface area contributed by atoms with Gasteiger partial charge in [0.2, 0.25) is 5.91 Å². The Bertz CT molecular complexity index is 612. The normalized spacial score (nSPS) is 12.1. The van der Waals surface area contributed by atoms with Gasteiger partial charge >= 0.3 is 0 Å². The molecular weight excluding hydrogens is 300 g/mol. The fourth-order valence-corrected chi connectivity index (χ4v) is 1.87. The van der Waals surface area contributed by atoms with Gasteiger partial charge in [-0.15, -0.1) is 0 Å². The third-order valence-electron chi connectivity index (χ3n) is 3.00. The van der Waals surface area contributed by atoms with E-state index in [9.17, 15) is 13.2 Å². The van der Waals surface area contributed by atoms with E-state index in [4.69, 9.17) is 11.6 Å². The molecule has 112 valence electrons. The smallest absolute Gasteiger partial charge is 0.221 e. The average Bonchev–Trinajstić information content (AvgIpc) is 2.28. The van der Waals surface area contributed by atoms with E-state index in [-0.39, 0.29) is 12.5 Å². The molecule has 1 aromatic rings. The van der Waals surface area contributed by atoms with Crippen LogP contribution in [-0.4, -0.2) is 31.9 Å². The van der Waals surface area contributed by atoms with Gasteiger partial charge in [0, 0.05) is 25.4 Å². The summed E-state index contributed by atoms with van der Waals surface area (Å²) in [6.45, 7) is 4.95. The molecule has 0 unspecified atom stereocenters. The minimum Gasteiger partial charge on any atom is -0.383 e. The lowest BCUT2D eigenvalue weighted by molar-refractivity contribution is -0.114. The summed E-state index contributed by atoms with van der Waals surface area (Å²) in [6, 6.07) is 5.04. The van der Waals surface area contributed by atoms with Gasteiger partial charge in [0.1, 0.15) is 0 Å². The van der Waals surface area contributed by atoms with Gasteiger partial charge in [-0.1, -0.05) is 11.6 Å². The number of anilines is 2. The number of rotatable bonds is 5. The molecule has 20 heavy (non-hydrogen) atoms. The maximum Gasteiger partial charge on any atom is 0.221 e. The molecule has 0 aliphatic heterocycles. The Balaban J connectivity index is 2.87. The van der Waals surface area contributed by atoms with Crippen LogP contribution in [0, 0.1) is 0 Å². The highest BCUT2D eigenvalue weighted by Gasteiger charge is 2.29. The van der Waals surface area contributed by atoms with Gasteiger partial charge in [0.25, 0.3) is 0 Å². The maximum atomic E-state index is 11.6. The van der Waals surface area contributed by atoms with Crippen LogP contribution < -0.4 is 10.6 Å². The quantitative estimate of drug-likeness (QED) is 0.874. The Morgan fingerprint density at radius 3 is 2.45 bits per heavy atom. The summed E-state index contributed by atoms with van der Waals surface area (Å²) in [5, 5.41) is 6.08. The summed E-state index contributed by atoms with van der Waals surface area (Å²) in [4.78, 5) is 11.1. The highest BCUT2D eigenvalue weighted by molar-refractivity contribution is 7.92. The van der Waals surface area contributed by atoms with Gasteiger partial charge in [-0.05, 0) is 32.0 Å². The zero-order chi connectivity index (χ0) is 15.6. The van der Waals surface area contributed by atoms with Gasteiger partial charge in [0.15, 0.2) is 9.84 Å². The topological polar surface area (TPSA) is 75.3 Å². The number of amides is 1. The Morgan fingerprint density at radius 2 is 1.95 bits per heavy atom. The fraction of sp³-hybridized carbons (Fsp3) is 0.462. The van der Waals surface area contributed by atoms with Gasteiger partial charge in [0.05, 0.1) is 15.5 Å². The lowest BCUT2D eigenvalue weighted by atomic mass is 10.2. The Hall–Kier alpha value is -1.27. The van der Waals surface area contributed by atoms with Crippen molar-refractivity contribution in [3.8, 4) is 0 Å². The van der Waals surface area contributed by atoms with Crippen LogP contribution >= 0.6 is 11.6 Å². The molecule has 5 nitrogen and oxygen atoms in total. The van der Waals surface area contributed by atoms with E-state index in [0.29, 0.717) is 16.4 Å². The number of hydrogen-bond acceptors (Lipinski definition) is 4. The molecule has 1 rings (SSSR count). The molecule has 2 N–H and O–H groups in total. The van der Waals surface area contributed by atoms with Crippen LogP contribution in [0.1, 0.15) is 20.8 Å². The molecule has 0 bridgehead atoms. The molecule has 0 spiro atoms. The molecule has 1 aromatic carbocycles. The first-order valence-electron chi connectivity index (χ1n) is 6.03. The van der Waals surface area contributed by atoms with Crippen molar-refractivity contribution in [1.82, 2.24) is 0 Å². The van der Waals surface area contributed by atoms with Crippen molar-refractivity contribution in [2.24, 2.45) is 0 Å². The van der Waals surface area contributed by atoms with Gasteiger partial charge in [-0.2, -0.15) is 0 Å². The minimum atomic E-state index is -3.17. The van der Waals surface area contributed by atoms with E-state index in [0.717, 1.165) is 0 Å². The summed E-state index contributed by atoms with van der Waals surface area (Å²) in [7, 11) is -3.17. The lowest BCUT2D eigenvalue weighted by Crippen LogP contribution is -2.38. The van der Waals surface area contributed by atoms with Gasteiger partial charge in [-0.3, -0.25) is 4.79 Å². The molecule has 0 aliphatic rings. The first-order valence-corrected chi connectivity index (χ1v) is 8.30. The second-order valence-electron chi connectivity index (χ2n) is 5.26.